The first-order valence-corrected chi connectivity index (χ1v) is 6.70. The Morgan fingerprint density at radius 2 is 1.60 bits per heavy atom. The van der Waals surface area contributed by atoms with Crippen molar-refractivity contribution in [2.75, 3.05) is 0 Å². The molecule has 0 saturated heterocycles. The van der Waals surface area contributed by atoms with Gasteiger partial charge in [-0.2, -0.15) is 4.68 Å². The van der Waals surface area contributed by atoms with Gasteiger partial charge in [0.15, 0.2) is 5.82 Å². The molecule has 0 aliphatic carbocycles. The molecule has 20 heavy (non-hydrogen) atoms. The van der Waals surface area contributed by atoms with E-state index in [1.807, 2.05) is 47.1 Å². The van der Waals surface area contributed by atoms with Crippen molar-refractivity contribution in [1.29, 1.82) is 0 Å². The van der Waals surface area contributed by atoms with E-state index in [1.54, 1.807) is 0 Å². The van der Waals surface area contributed by atoms with Gasteiger partial charge in [-0.3, -0.25) is 0 Å². The van der Waals surface area contributed by atoms with Gasteiger partial charge in [0.25, 0.3) is 0 Å². The maximum absolute atomic E-state index is 4.17. The molecule has 0 amide bonds. The van der Waals surface area contributed by atoms with Crippen LogP contribution >= 0.6 is 0 Å². The van der Waals surface area contributed by atoms with Gasteiger partial charge in [-0.15, -0.1) is 5.10 Å². The van der Waals surface area contributed by atoms with Crippen molar-refractivity contribution < 1.29 is 0 Å². The molecule has 0 bridgehead atoms. The Balaban J connectivity index is 2.16. The van der Waals surface area contributed by atoms with Crippen LogP contribution in [-0.2, 0) is 0 Å². The summed E-state index contributed by atoms with van der Waals surface area (Å²) in [6.07, 6.45) is 0. The van der Waals surface area contributed by atoms with Crippen LogP contribution in [0.5, 0.6) is 0 Å². The first-order valence-electron chi connectivity index (χ1n) is 6.70. The minimum Gasteiger partial charge on any atom is -0.193 e. The number of rotatable bonds is 3. The number of benzene rings is 2. The van der Waals surface area contributed by atoms with E-state index in [0.717, 1.165) is 17.1 Å². The smallest absolute Gasteiger partial charge is 0.187 e. The van der Waals surface area contributed by atoms with Crippen LogP contribution in [0, 0.1) is 0 Å². The van der Waals surface area contributed by atoms with Crippen molar-refractivity contribution in [3.8, 4) is 17.1 Å². The summed E-state index contributed by atoms with van der Waals surface area (Å²) in [5, 5.41) is 12.2. The van der Waals surface area contributed by atoms with Gasteiger partial charge < -0.3 is 0 Å². The molecule has 0 aliphatic heterocycles. The first kappa shape index (κ1) is 12.5. The molecule has 0 unspecified atom stereocenters. The summed E-state index contributed by atoms with van der Waals surface area (Å²) in [4.78, 5) is 0. The SMILES string of the molecule is CC(C)c1ccccc1-n1nnnc1-c1ccccc1. The molecule has 0 fully saturated rings. The Hall–Kier alpha value is -2.49. The van der Waals surface area contributed by atoms with E-state index in [4.69, 9.17) is 0 Å². The lowest BCUT2D eigenvalue weighted by atomic mass is 10.0. The highest BCUT2D eigenvalue weighted by atomic mass is 15.5. The summed E-state index contributed by atoms with van der Waals surface area (Å²) in [6.45, 7) is 4.34. The quantitative estimate of drug-likeness (QED) is 0.727. The topological polar surface area (TPSA) is 43.6 Å². The van der Waals surface area contributed by atoms with Crippen LogP contribution in [0.15, 0.2) is 54.6 Å². The van der Waals surface area contributed by atoms with Gasteiger partial charge in [-0.1, -0.05) is 62.4 Å². The molecular formula is C16H16N4. The largest absolute Gasteiger partial charge is 0.193 e. The number of para-hydroxylation sites is 1. The monoisotopic (exact) mass is 264 g/mol. The minimum atomic E-state index is 0.416. The second-order valence-electron chi connectivity index (χ2n) is 4.99. The third-order valence-electron chi connectivity index (χ3n) is 3.29. The molecule has 100 valence electrons. The lowest BCUT2D eigenvalue weighted by Crippen LogP contribution is -2.04. The summed E-state index contributed by atoms with van der Waals surface area (Å²) >= 11 is 0. The average molecular weight is 264 g/mol. The highest BCUT2D eigenvalue weighted by Gasteiger charge is 2.14. The molecule has 0 N–H and O–H groups in total. The van der Waals surface area contributed by atoms with Crippen LogP contribution in [0.1, 0.15) is 25.3 Å². The third-order valence-corrected chi connectivity index (χ3v) is 3.29. The zero-order chi connectivity index (χ0) is 13.9. The van der Waals surface area contributed by atoms with Gasteiger partial charge in [0.1, 0.15) is 0 Å². The maximum atomic E-state index is 4.17. The predicted octanol–water partition coefficient (Wildman–Crippen LogP) is 3.45. The molecule has 4 nitrogen and oxygen atoms in total. The molecule has 3 aromatic rings. The molecule has 0 spiro atoms. The van der Waals surface area contributed by atoms with Crippen molar-refractivity contribution in [2.45, 2.75) is 19.8 Å². The lowest BCUT2D eigenvalue weighted by molar-refractivity contribution is 0.765. The van der Waals surface area contributed by atoms with E-state index in [-0.39, 0.29) is 0 Å². The summed E-state index contributed by atoms with van der Waals surface area (Å²) in [7, 11) is 0. The Bertz CT molecular complexity index is 701. The van der Waals surface area contributed by atoms with Crippen LogP contribution in [0.25, 0.3) is 17.1 Å². The zero-order valence-electron chi connectivity index (χ0n) is 11.6. The molecule has 0 radical (unpaired) electrons. The molecule has 0 saturated carbocycles. The molecule has 3 rings (SSSR count). The Morgan fingerprint density at radius 1 is 0.900 bits per heavy atom. The van der Waals surface area contributed by atoms with Crippen molar-refractivity contribution in [1.82, 2.24) is 20.2 Å². The van der Waals surface area contributed by atoms with Crippen molar-refractivity contribution >= 4 is 0 Å². The maximum Gasteiger partial charge on any atom is 0.187 e. The Labute approximate surface area is 118 Å². The third kappa shape index (κ3) is 2.20. The fraction of sp³-hybridized carbons (Fsp3) is 0.188. The second kappa shape index (κ2) is 5.25. The van der Waals surface area contributed by atoms with Crippen LogP contribution in [0.2, 0.25) is 0 Å². The van der Waals surface area contributed by atoms with Crippen molar-refractivity contribution in [3.05, 3.63) is 60.2 Å². The Kier molecular flexibility index (Phi) is 3.29. The summed E-state index contributed by atoms with van der Waals surface area (Å²) in [5.41, 5.74) is 3.28. The number of hydrogen-bond donors (Lipinski definition) is 0. The van der Waals surface area contributed by atoms with Gasteiger partial charge in [-0.05, 0) is 28.0 Å². The van der Waals surface area contributed by atoms with E-state index in [2.05, 4.69) is 41.5 Å². The van der Waals surface area contributed by atoms with Gasteiger partial charge >= 0.3 is 0 Å². The van der Waals surface area contributed by atoms with Crippen LogP contribution in [0.4, 0.5) is 0 Å². The highest BCUT2D eigenvalue weighted by Crippen LogP contribution is 2.25. The molecular weight excluding hydrogens is 248 g/mol. The molecule has 4 heteroatoms. The van der Waals surface area contributed by atoms with Crippen molar-refractivity contribution in [2.24, 2.45) is 0 Å². The lowest BCUT2D eigenvalue weighted by Gasteiger charge is -2.13. The molecule has 0 atom stereocenters. The fourth-order valence-corrected chi connectivity index (χ4v) is 2.29. The van der Waals surface area contributed by atoms with Gasteiger partial charge in [0.2, 0.25) is 0 Å². The van der Waals surface area contributed by atoms with E-state index < -0.39 is 0 Å². The Morgan fingerprint density at radius 3 is 2.35 bits per heavy atom. The van der Waals surface area contributed by atoms with Crippen LogP contribution in [-0.4, -0.2) is 20.2 Å². The highest BCUT2D eigenvalue weighted by molar-refractivity contribution is 5.58. The van der Waals surface area contributed by atoms with E-state index in [0.29, 0.717) is 5.92 Å². The molecule has 1 heterocycles. The normalized spacial score (nSPS) is 10.9. The zero-order valence-corrected chi connectivity index (χ0v) is 11.6. The molecule has 2 aromatic carbocycles. The van der Waals surface area contributed by atoms with Crippen molar-refractivity contribution in [3.63, 3.8) is 0 Å². The average Bonchev–Trinajstić information content (AvgIpc) is 2.97. The number of hydrogen-bond acceptors (Lipinski definition) is 3. The molecule has 1 aromatic heterocycles. The fourth-order valence-electron chi connectivity index (χ4n) is 2.29. The van der Waals surface area contributed by atoms with Gasteiger partial charge in [0.05, 0.1) is 5.69 Å². The van der Waals surface area contributed by atoms with Gasteiger partial charge in [-0.25, -0.2) is 0 Å². The first-order chi connectivity index (χ1) is 9.77. The number of aromatic nitrogens is 4. The predicted molar refractivity (Wildman–Crippen MR) is 78.7 cm³/mol. The van der Waals surface area contributed by atoms with Crippen LogP contribution < -0.4 is 0 Å². The molecule has 0 aliphatic rings. The summed E-state index contributed by atoms with van der Waals surface area (Å²) in [5.74, 6) is 1.18. The second-order valence-corrected chi connectivity index (χ2v) is 4.99. The minimum absolute atomic E-state index is 0.416. The number of tetrazole rings is 1. The van der Waals surface area contributed by atoms with E-state index in [9.17, 15) is 0 Å². The summed E-state index contributed by atoms with van der Waals surface area (Å²) < 4.78 is 1.81. The van der Waals surface area contributed by atoms with E-state index in [1.165, 1.54) is 5.56 Å². The van der Waals surface area contributed by atoms with Crippen LogP contribution in [0.3, 0.4) is 0 Å². The standard InChI is InChI=1S/C16H16N4/c1-12(2)14-10-6-7-11-15(14)20-16(17-18-19-20)13-8-4-3-5-9-13/h3-12H,1-2H3. The number of nitrogens with zero attached hydrogens (tertiary/aromatic N) is 4. The van der Waals surface area contributed by atoms with E-state index >= 15 is 0 Å². The summed E-state index contributed by atoms with van der Waals surface area (Å²) in [6, 6.07) is 18.2. The van der Waals surface area contributed by atoms with Gasteiger partial charge in [0, 0.05) is 5.56 Å².